The highest BCUT2D eigenvalue weighted by Gasteiger charge is 2.17. The molecule has 0 bridgehead atoms. The van der Waals surface area contributed by atoms with Gasteiger partial charge in [0.2, 0.25) is 5.91 Å². The summed E-state index contributed by atoms with van der Waals surface area (Å²) >= 11 is 1.23. The molecule has 0 saturated heterocycles. The zero-order valence-corrected chi connectivity index (χ0v) is 17.4. The number of carbonyl (C=O) groups excluding carboxylic acids is 1. The molecule has 32 heavy (non-hydrogen) atoms. The lowest BCUT2D eigenvalue weighted by atomic mass is 10.2. The fraction of sp³-hybridized carbons (Fsp3) is 0.0909. The topological polar surface area (TPSA) is 81.9 Å². The first-order valence-corrected chi connectivity index (χ1v) is 10.5. The Balaban J connectivity index is 1.48. The molecule has 2 aromatic heterocycles. The second-order valence-electron chi connectivity index (χ2n) is 6.45. The fourth-order valence-corrected chi connectivity index (χ4v) is 3.66. The van der Waals surface area contributed by atoms with Crippen molar-refractivity contribution in [3.05, 3.63) is 79.1 Å². The van der Waals surface area contributed by atoms with E-state index in [4.69, 9.17) is 0 Å². The molecule has 0 aliphatic carbocycles. The highest BCUT2D eigenvalue weighted by molar-refractivity contribution is 7.99. The van der Waals surface area contributed by atoms with Crippen molar-refractivity contribution in [1.82, 2.24) is 19.7 Å². The molecule has 0 spiro atoms. The van der Waals surface area contributed by atoms with Gasteiger partial charge < -0.3 is 10.1 Å². The number of amides is 1. The van der Waals surface area contributed by atoms with E-state index in [0.717, 1.165) is 11.3 Å². The van der Waals surface area contributed by atoms with Gasteiger partial charge in [-0.1, -0.05) is 30.0 Å². The summed E-state index contributed by atoms with van der Waals surface area (Å²) in [4.78, 5) is 16.5. The number of para-hydroxylation sites is 1. The number of thioether (sulfide) groups is 1. The van der Waals surface area contributed by atoms with E-state index >= 15 is 0 Å². The molecule has 0 aliphatic heterocycles. The van der Waals surface area contributed by atoms with Crippen LogP contribution in [-0.2, 0) is 4.79 Å². The molecule has 7 nitrogen and oxygen atoms in total. The van der Waals surface area contributed by atoms with Gasteiger partial charge in [0, 0.05) is 29.3 Å². The normalized spacial score (nSPS) is 10.8. The molecule has 4 aromatic rings. The van der Waals surface area contributed by atoms with Crippen molar-refractivity contribution in [2.24, 2.45) is 0 Å². The minimum atomic E-state index is -2.90. The third-order valence-corrected chi connectivity index (χ3v) is 5.21. The smallest absolute Gasteiger partial charge is 0.387 e. The second-order valence-corrected chi connectivity index (χ2v) is 7.40. The summed E-state index contributed by atoms with van der Waals surface area (Å²) in [5, 5.41) is 11.9. The molecule has 1 N–H and O–H groups in total. The zero-order chi connectivity index (χ0) is 22.3. The number of carbonyl (C=O) groups is 1. The standard InChI is InChI=1S/C22H17F2N5O2S/c23-21(24)31-18-8-6-16(7-9-18)26-19(30)14-32-22-28-27-20(15-10-12-25-13-11-15)29(22)17-4-2-1-3-5-17/h1-13,21H,14H2,(H,26,30). The lowest BCUT2D eigenvalue weighted by Crippen LogP contribution is -2.14. The largest absolute Gasteiger partial charge is 0.435 e. The minimum Gasteiger partial charge on any atom is -0.435 e. The fourth-order valence-electron chi connectivity index (χ4n) is 2.91. The number of hydrogen-bond donors (Lipinski definition) is 1. The maximum atomic E-state index is 12.4. The van der Waals surface area contributed by atoms with E-state index in [0.29, 0.717) is 16.7 Å². The molecule has 162 valence electrons. The molecule has 4 rings (SSSR count). The minimum absolute atomic E-state index is 0.0204. The molecule has 2 aromatic carbocycles. The molecule has 0 radical (unpaired) electrons. The van der Waals surface area contributed by atoms with E-state index in [1.54, 1.807) is 12.4 Å². The third-order valence-electron chi connectivity index (χ3n) is 4.28. The zero-order valence-electron chi connectivity index (χ0n) is 16.6. The Bertz CT molecular complexity index is 1170. The van der Waals surface area contributed by atoms with Crippen LogP contribution < -0.4 is 10.1 Å². The van der Waals surface area contributed by atoms with Gasteiger partial charge >= 0.3 is 6.61 Å². The summed E-state index contributed by atoms with van der Waals surface area (Å²) in [6.45, 7) is -2.90. The number of pyridine rings is 1. The van der Waals surface area contributed by atoms with Gasteiger partial charge in [-0.2, -0.15) is 8.78 Å². The summed E-state index contributed by atoms with van der Waals surface area (Å²) in [6.07, 6.45) is 3.36. The van der Waals surface area contributed by atoms with E-state index in [2.05, 4.69) is 25.2 Å². The van der Waals surface area contributed by atoms with Crippen LogP contribution in [0, 0.1) is 0 Å². The van der Waals surface area contributed by atoms with Gasteiger partial charge in [-0.25, -0.2) is 0 Å². The van der Waals surface area contributed by atoms with Gasteiger partial charge in [0.05, 0.1) is 5.75 Å². The molecule has 0 saturated carbocycles. The monoisotopic (exact) mass is 453 g/mol. The molecule has 0 atom stereocenters. The number of rotatable bonds is 8. The predicted octanol–water partition coefficient (Wildman–Crippen LogP) is 4.66. The van der Waals surface area contributed by atoms with Gasteiger partial charge in [0.25, 0.3) is 0 Å². The van der Waals surface area contributed by atoms with E-state index in [1.807, 2.05) is 47.0 Å². The van der Waals surface area contributed by atoms with Gasteiger partial charge in [-0.15, -0.1) is 10.2 Å². The molecule has 2 heterocycles. The summed E-state index contributed by atoms with van der Waals surface area (Å²) < 4.78 is 30.7. The number of benzene rings is 2. The molecule has 0 unspecified atom stereocenters. The van der Waals surface area contributed by atoms with Crippen molar-refractivity contribution in [1.29, 1.82) is 0 Å². The number of nitrogens with one attached hydrogen (secondary N) is 1. The van der Waals surface area contributed by atoms with Crippen molar-refractivity contribution in [2.45, 2.75) is 11.8 Å². The molecular formula is C22H17F2N5O2S. The first-order chi connectivity index (χ1) is 15.6. The first-order valence-electron chi connectivity index (χ1n) is 9.49. The Kier molecular flexibility index (Phi) is 6.71. The molecule has 10 heteroatoms. The maximum Gasteiger partial charge on any atom is 0.387 e. The van der Waals surface area contributed by atoms with Crippen LogP contribution in [0.5, 0.6) is 5.75 Å². The van der Waals surface area contributed by atoms with Crippen LogP contribution in [0.4, 0.5) is 14.5 Å². The van der Waals surface area contributed by atoms with Gasteiger partial charge in [0.15, 0.2) is 11.0 Å². The van der Waals surface area contributed by atoms with E-state index < -0.39 is 6.61 Å². The number of aromatic nitrogens is 4. The lowest BCUT2D eigenvalue weighted by Gasteiger charge is -2.10. The first kappa shape index (κ1) is 21.4. The van der Waals surface area contributed by atoms with Crippen LogP contribution >= 0.6 is 11.8 Å². The van der Waals surface area contributed by atoms with Crippen LogP contribution in [-0.4, -0.2) is 38.0 Å². The Morgan fingerprint density at radius 1 is 1.00 bits per heavy atom. The number of alkyl halides is 2. The highest BCUT2D eigenvalue weighted by Crippen LogP contribution is 2.28. The highest BCUT2D eigenvalue weighted by atomic mass is 32.2. The van der Waals surface area contributed by atoms with E-state index in [9.17, 15) is 13.6 Å². The van der Waals surface area contributed by atoms with Crippen LogP contribution in [0.3, 0.4) is 0 Å². The number of hydrogen-bond acceptors (Lipinski definition) is 6. The van der Waals surface area contributed by atoms with Crippen molar-refractivity contribution >= 4 is 23.4 Å². The van der Waals surface area contributed by atoms with Crippen molar-refractivity contribution in [3.8, 4) is 22.8 Å². The van der Waals surface area contributed by atoms with E-state index in [-0.39, 0.29) is 17.4 Å². The average molecular weight is 453 g/mol. The molecule has 0 fully saturated rings. The number of nitrogens with zero attached hydrogens (tertiary/aromatic N) is 4. The van der Waals surface area contributed by atoms with Crippen LogP contribution in [0.1, 0.15) is 0 Å². The summed E-state index contributed by atoms with van der Waals surface area (Å²) in [5.41, 5.74) is 2.18. The Hall–Kier alpha value is -3.79. The second kappa shape index (κ2) is 10.0. The van der Waals surface area contributed by atoms with Gasteiger partial charge in [0.1, 0.15) is 5.75 Å². The Morgan fingerprint density at radius 3 is 2.41 bits per heavy atom. The summed E-state index contributed by atoms with van der Waals surface area (Å²) in [7, 11) is 0. The van der Waals surface area contributed by atoms with Crippen molar-refractivity contribution in [2.75, 3.05) is 11.1 Å². The Labute approximate surface area is 186 Å². The van der Waals surface area contributed by atoms with Crippen LogP contribution in [0.15, 0.2) is 84.3 Å². The average Bonchev–Trinajstić information content (AvgIpc) is 3.24. The molecule has 0 aliphatic rings. The number of ether oxygens (including phenoxy) is 1. The Morgan fingerprint density at radius 2 is 1.72 bits per heavy atom. The SMILES string of the molecule is O=C(CSc1nnc(-c2ccncc2)n1-c1ccccc1)Nc1ccc(OC(F)F)cc1. The number of anilines is 1. The van der Waals surface area contributed by atoms with Gasteiger partial charge in [-0.3, -0.25) is 14.3 Å². The quantitative estimate of drug-likeness (QED) is 0.391. The lowest BCUT2D eigenvalue weighted by molar-refractivity contribution is -0.113. The maximum absolute atomic E-state index is 12.4. The van der Waals surface area contributed by atoms with Crippen molar-refractivity contribution < 1.29 is 18.3 Å². The van der Waals surface area contributed by atoms with E-state index in [1.165, 1.54) is 36.0 Å². The third kappa shape index (κ3) is 5.27. The number of halogens is 2. The van der Waals surface area contributed by atoms with Crippen LogP contribution in [0.25, 0.3) is 17.1 Å². The predicted molar refractivity (Wildman–Crippen MR) is 117 cm³/mol. The van der Waals surface area contributed by atoms with Crippen molar-refractivity contribution in [3.63, 3.8) is 0 Å². The van der Waals surface area contributed by atoms with Crippen LogP contribution in [0.2, 0.25) is 0 Å². The summed E-state index contributed by atoms with van der Waals surface area (Å²) in [5.74, 6) is 0.463. The molecular weight excluding hydrogens is 436 g/mol. The molecule has 1 amide bonds. The van der Waals surface area contributed by atoms with Gasteiger partial charge in [-0.05, 0) is 48.5 Å². The summed E-state index contributed by atoms with van der Waals surface area (Å²) in [6, 6.07) is 19.0.